The summed E-state index contributed by atoms with van der Waals surface area (Å²) in [6.45, 7) is 2.09. The summed E-state index contributed by atoms with van der Waals surface area (Å²) in [6.07, 6.45) is 0. The molecule has 0 aliphatic rings. The van der Waals surface area contributed by atoms with E-state index in [1.54, 1.807) is 14.0 Å². The van der Waals surface area contributed by atoms with Gasteiger partial charge in [0.05, 0.1) is 6.61 Å². The number of hydrogen-bond donors (Lipinski definition) is 1. The van der Waals surface area contributed by atoms with Gasteiger partial charge in [0, 0.05) is 7.05 Å². The molecule has 1 N–H and O–H groups in total. The Labute approximate surface area is 67.8 Å². The number of halogens is 1. The van der Waals surface area contributed by atoms with Crippen molar-refractivity contribution < 1.29 is 9.53 Å². The van der Waals surface area contributed by atoms with Crippen molar-refractivity contribution in [3.63, 3.8) is 0 Å². The van der Waals surface area contributed by atoms with E-state index in [1.807, 2.05) is 0 Å². The molecule has 0 bridgehead atoms. The van der Waals surface area contributed by atoms with Crippen molar-refractivity contribution in [3.05, 3.63) is 0 Å². The first kappa shape index (κ1) is 9.42. The number of hydrazone groups is 1. The molecule has 0 atom stereocenters. The lowest BCUT2D eigenvalue weighted by atomic mass is 10.7. The maximum absolute atomic E-state index is 10.7. The van der Waals surface area contributed by atoms with E-state index in [4.69, 9.17) is 0 Å². The second-order valence-electron chi connectivity index (χ2n) is 1.35. The zero-order valence-corrected chi connectivity index (χ0v) is 7.43. The SMILES string of the molecule is CCOC(=O)/C(Br)=N\NC. The largest absolute Gasteiger partial charge is 0.461 e. The molecule has 0 aromatic heterocycles. The molecule has 0 amide bonds. The van der Waals surface area contributed by atoms with Gasteiger partial charge in [-0.1, -0.05) is 0 Å². The average Bonchev–Trinajstić information content (AvgIpc) is 1.89. The van der Waals surface area contributed by atoms with Crippen molar-refractivity contribution in [2.75, 3.05) is 13.7 Å². The van der Waals surface area contributed by atoms with E-state index in [0.717, 1.165) is 0 Å². The fraction of sp³-hybridized carbons (Fsp3) is 0.600. The normalized spacial score (nSPS) is 10.9. The van der Waals surface area contributed by atoms with Crippen molar-refractivity contribution in [3.8, 4) is 0 Å². The Morgan fingerprint density at radius 2 is 2.40 bits per heavy atom. The molecule has 0 aliphatic heterocycles. The second-order valence-corrected chi connectivity index (χ2v) is 2.10. The van der Waals surface area contributed by atoms with Gasteiger partial charge >= 0.3 is 5.97 Å². The highest BCUT2D eigenvalue weighted by Gasteiger charge is 2.06. The maximum Gasteiger partial charge on any atom is 0.366 e. The molecule has 10 heavy (non-hydrogen) atoms. The molecular formula is C5H9BrN2O2. The van der Waals surface area contributed by atoms with Crippen molar-refractivity contribution in [1.82, 2.24) is 5.43 Å². The van der Waals surface area contributed by atoms with Crippen molar-refractivity contribution in [2.24, 2.45) is 5.10 Å². The highest BCUT2D eigenvalue weighted by Crippen LogP contribution is 1.91. The zero-order valence-electron chi connectivity index (χ0n) is 5.85. The molecule has 0 heterocycles. The van der Waals surface area contributed by atoms with Gasteiger partial charge in [-0.3, -0.25) is 0 Å². The number of nitrogens with one attached hydrogen (secondary N) is 1. The number of carbonyl (C=O) groups is 1. The van der Waals surface area contributed by atoms with Crippen LogP contribution in [0.25, 0.3) is 0 Å². The Bertz CT molecular complexity index is 147. The van der Waals surface area contributed by atoms with Crippen LogP contribution in [0.5, 0.6) is 0 Å². The summed E-state index contributed by atoms with van der Waals surface area (Å²) in [5.41, 5.74) is 2.45. The molecule has 0 unspecified atom stereocenters. The van der Waals surface area contributed by atoms with Gasteiger partial charge in [-0.05, 0) is 22.9 Å². The van der Waals surface area contributed by atoms with Crippen LogP contribution < -0.4 is 5.43 Å². The molecular weight excluding hydrogens is 200 g/mol. The first-order valence-electron chi connectivity index (χ1n) is 2.79. The predicted molar refractivity (Wildman–Crippen MR) is 42.1 cm³/mol. The Hall–Kier alpha value is -0.580. The van der Waals surface area contributed by atoms with Crippen molar-refractivity contribution in [2.45, 2.75) is 6.92 Å². The fourth-order valence-electron chi connectivity index (χ4n) is 0.334. The standard InChI is InChI=1S/C5H9BrN2O2/c1-3-10-5(9)4(6)8-7-2/h7H,3H2,1-2H3/b8-4+. The van der Waals surface area contributed by atoms with Gasteiger partial charge in [0.25, 0.3) is 0 Å². The van der Waals surface area contributed by atoms with Gasteiger partial charge in [-0.25, -0.2) is 4.79 Å². The Balaban J connectivity index is 3.82. The van der Waals surface area contributed by atoms with E-state index in [-0.39, 0.29) is 4.62 Å². The Morgan fingerprint density at radius 3 is 2.80 bits per heavy atom. The Morgan fingerprint density at radius 1 is 1.80 bits per heavy atom. The number of carbonyl (C=O) groups excluding carboxylic acids is 1. The van der Waals surface area contributed by atoms with Gasteiger partial charge < -0.3 is 10.2 Å². The van der Waals surface area contributed by atoms with Crippen LogP contribution >= 0.6 is 15.9 Å². The van der Waals surface area contributed by atoms with Crippen molar-refractivity contribution >= 4 is 26.5 Å². The van der Waals surface area contributed by atoms with Gasteiger partial charge in [0.2, 0.25) is 4.62 Å². The van der Waals surface area contributed by atoms with Gasteiger partial charge in [-0.15, -0.1) is 0 Å². The topological polar surface area (TPSA) is 50.7 Å². The first-order valence-corrected chi connectivity index (χ1v) is 3.58. The summed E-state index contributed by atoms with van der Waals surface area (Å²) < 4.78 is 4.75. The van der Waals surface area contributed by atoms with Crippen LogP contribution in [0.2, 0.25) is 0 Å². The number of ether oxygens (including phenoxy) is 1. The van der Waals surface area contributed by atoms with E-state index in [0.29, 0.717) is 6.61 Å². The molecule has 5 heteroatoms. The number of nitrogens with zero attached hydrogens (tertiary/aromatic N) is 1. The third-order valence-corrected chi connectivity index (χ3v) is 1.15. The molecule has 0 saturated heterocycles. The first-order chi connectivity index (χ1) is 4.72. The summed E-state index contributed by atoms with van der Waals surface area (Å²) in [4.78, 5) is 10.7. The minimum atomic E-state index is -0.461. The zero-order chi connectivity index (χ0) is 7.98. The molecule has 0 aliphatic carbocycles. The van der Waals surface area contributed by atoms with Crippen LogP contribution in [0.1, 0.15) is 6.92 Å². The number of hydrogen-bond acceptors (Lipinski definition) is 4. The minimum Gasteiger partial charge on any atom is -0.461 e. The van der Waals surface area contributed by atoms with Crippen molar-refractivity contribution in [1.29, 1.82) is 0 Å². The summed E-state index contributed by atoms with van der Waals surface area (Å²) in [5, 5.41) is 3.55. The van der Waals surface area contributed by atoms with Crippen LogP contribution in [0, 0.1) is 0 Å². The number of esters is 1. The average molecular weight is 209 g/mol. The quantitative estimate of drug-likeness (QED) is 0.417. The monoisotopic (exact) mass is 208 g/mol. The maximum atomic E-state index is 10.7. The van der Waals surface area contributed by atoms with Gasteiger partial charge in [-0.2, -0.15) is 5.10 Å². The van der Waals surface area contributed by atoms with E-state index in [2.05, 4.69) is 31.2 Å². The smallest absolute Gasteiger partial charge is 0.366 e. The van der Waals surface area contributed by atoms with E-state index < -0.39 is 5.97 Å². The van der Waals surface area contributed by atoms with Crippen LogP contribution in [0.15, 0.2) is 5.10 Å². The second kappa shape index (κ2) is 5.22. The van der Waals surface area contributed by atoms with Gasteiger partial charge in [0.1, 0.15) is 0 Å². The van der Waals surface area contributed by atoms with Crippen LogP contribution in [0.4, 0.5) is 0 Å². The summed E-state index contributed by atoms with van der Waals surface area (Å²) in [7, 11) is 1.60. The lowest BCUT2D eigenvalue weighted by molar-refractivity contribution is -0.134. The third-order valence-electron chi connectivity index (χ3n) is 0.654. The molecule has 0 fully saturated rings. The minimum absolute atomic E-state index is 0.150. The highest BCUT2D eigenvalue weighted by molar-refractivity contribution is 9.19. The van der Waals surface area contributed by atoms with Crippen LogP contribution in [-0.2, 0) is 9.53 Å². The highest BCUT2D eigenvalue weighted by atomic mass is 79.9. The molecule has 0 aromatic carbocycles. The molecule has 0 spiro atoms. The van der Waals surface area contributed by atoms with E-state index in [1.165, 1.54) is 0 Å². The molecule has 58 valence electrons. The van der Waals surface area contributed by atoms with E-state index in [9.17, 15) is 4.79 Å². The lowest BCUT2D eigenvalue weighted by Crippen LogP contribution is -2.14. The summed E-state index contributed by atoms with van der Waals surface area (Å²) in [6, 6.07) is 0. The summed E-state index contributed by atoms with van der Waals surface area (Å²) in [5.74, 6) is -0.461. The fourth-order valence-corrected chi connectivity index (χ4v) is 0.626. The number of rotatable bonds is 3. The van der Waals surface area contributed by atoms with Gasteiger partial charge in [0.15, 0.2) is 0 Å². The molecule has 0 aromatic rings. The third kappa shape index (κ3) is 3.45. The molecule has 4 nitrogen and oxygen atoms in total. The van der Waals surface area contributed by atoms with E-state index >= 15 is 0 Å². The van der Waals surface area contributed by atoms with Crippen LogP contribution in [0.3, 0.4) is 0 Å². The predicted octanol–water partition coefficient (Wildman–Crippen LogP) is 0.477. The summed E-state index contributed by atoms with van der Waals surface area (Å²) >= 11 is 2.92. The lowest BCUT2D eigenvalue weighted by Gasteiger charge is -1.97. The Kier molecular flexibility index (Phi) is 4.92. The molecule has 0 rings (SSSR count). The molecule has 0 radical (unpaired) electrons. The molecule has 0 saturated carbocycles. The van der Waals surface area contributed by atoms with Crippen LogP contribution in [-0.4, -0.2) is 24.2 Å².